The van der Waals surface area contributed by atoms with Gasteiger partial charge in [0, 0.05) is 12.8 Å². The molecule has 1 atom stereocenters. The number of ether oxygens (including phenoxy) is 1. The molecule has 0 heterocycles. The topological polar surface area (TPSA) is 52.3 Å². The summed E-state index contributed by atoms with van der Waals surface area (Å²) in [5.41, 5.74) is 5.56. The first kappa shape index (κ1) is 15.6. The maximum atomic E-state index is 12.8. The van der Waals surface area contributed by atoms with Crippen molar-refractivity contribution in [2.24, 2.45) is 11.7 Å². The number of esters is 1. The van der Waals surface area contributed by atoms with Crippen LogP contribution < -0.4 is 5.73 Å². The minimum Gasteiger partial charge on any atom is -0.468 e. The van der Waals surface area contributed by atoms with Gasteiger partial charge in [-0.25, -0.2) is 8.78 Å². The normalized spacial score (nSPS) is 22.0. The second-order valence-electron chi connectivity index (χ2n) is 4.16. The lowest BCUT2D eigenvalue weighted by molar-refractivity contribution is -0.142. The van der Waals surface area contributed by atoms with E-state index < -0.39 is 17.9 Å². The molecule has 0 aromatic carbocycles. The number of hydrogen-bond acceptors (Lipinski definition) is 3. The minimum atomic E-state index is -2.52. The second kappa shape index (κ2) is 6.35. The third-order valence-electron chi connectivity index (χ3n) is 2.93. The first-order valence-electron chi connectivity index (χ1n) is 5.16. The number of hydrogen-bond donors (Lipinski definition) is 1. The van der Waals surface area contributed by atoms with Crippen molar-refractivity contribution in [1.29, 1.82) is 0 Å². The molecule has 1 rings (SSSR count). The summed E-state index contributed by atoms with van der Waals surface area (Å²) in [5, 5.41) is 0. The van der Waals surface area contributed by atoms with Gasteiger partial charge < -0.3 is 10.5 Å². The van der Waals surface area contributed by atoms with Gasteiger partial charge in [0.05, 0.1) is 7.11 Å². The molecule has 2 N–H and O–H groups in total. The first-order chi connectivity index (χ1) is 6.94. The van der Waals surface area contributed by atoms with E-state index in [1.54, 1.807) is 0 Å². The lowest BCUT2D eigenvalue weighted by atomic mass is 9.83. The Morgan fingerprint density at radius 2 is 2.00 bits per heavy atom. The smallest absolute Gasteiger partial charge is 0.322 e. The van der Waals surface area contributed by atoms with Crippen LogP contribution in [0.3, 0.4) is 0 Å². The zero-order valence-corrected chi connectivity index (χ0v) is 10.1. The lowest BCUT2D eigenvalue weighted by Gasteiger charge is -2.29. The molecule has 3 nitrogen and oxygen atoms in total. The van der Waals surface area contributed by atoms with Crippen LogP contribution in [0.4, 0.5) is 8.78 Å². The third kappa shape index (κ3) is 4.61. The second-order valence-corrected chi connectivity index (χ2v) is 4.16. The zero-order valence-electron chi connectivity index (χ0n) is 9.25. The Hall–Kier alpha value is -0.420. The highest BCUT2D eigenvalue weighted by molar-refractivity contribution is 5.85. The summed E-state index contributed by atoms with van der Waals surface area (Å²) in [7, 11) is 1.28. The van der Waals surface area contributed by atoms with Crippen molar-refractivity contribution in [3.8, 4) is 0 Å². The largest absolute Gasteiger partial charge is 0.468 e. The van der Waals surface area contributed by atoms with Gasteiger partial charge in [-0.2, -0.15) is 0 Å². The molecule has 0 aromatic rings. The van der Waals surface area contributed by atoms with Crippen LogP contribution in [0.2, 0.25) is 0 Å². The molecule has 0 saturated heterocycles. The summed E-state index contributed by atoms with van der Waals surface area (Å²) in [5.74, 6) is -2.86. The van der Waals surface area contributed by atoms with Crippen LogP contribution in [0.15, 0.2) is 0 Å². The van der Waals surface area contributed by atoms with Crippen molar-refractivity contribution in [2.75, 3.05) is 7.11 Å². The Morgan fingerprint density at radius 3 is 2.44 bits per heavy atom. The van der Waals surface area contributed by atoms with Crippen LogP contribution in [0.5, 0.6) is 0 Å². The van der Waals surface area contributed by atoms with Crippen LogP contribution in [-0.4, -0.2) is 25.0 Å². The molecule has 0 aliphatic heterocycles. The van der Waals surface area contributed by atoms with Crippen molar-refractivity contribution in [3.05, 3.63) is 0 Å². The SMILES string of the molecule is COC(=O)[C@@H](N)CC1CCC(F)(F)CC1.Cl. The van der Waals surface area contributed by atoms with Gasteiger partial charge in [-0.1, -0.05) is 0 Å². The Bertz CT molecular complexity index is 229. The van der Waals surface area contributed by atoms with E-state index in [1.807, 2.05) is 0 Å². The molecule has 0 spiro atoms. The molecular formula is C10H18ClF2NO2. The van der Waals surface area contributed by atoms with Crippen LogP contribution in [0.25, 0.3) is 0 Å². The van der Waals surface area contributed by atoms with Crippen molar-refractivity contribution in [1.82, 2.24) is 0 Å². The van der Waals surface area contributed by atoms with Gasteiger partial charge in [-0.05, 0) is 25.2 Å². The predicted molar refractivity (Wildman–Crippen MR) is 58.8 cm³/mol. The van der Waals surface area contributed by atoms with Crippen LogP contribution in [0, 0.1) is 5.92 Å². The fourth-order valence-electron chi connectivity index (χ4n) is 1.94. The summed E-state index contributed by atoms with van der Waals surface area (Å²) >= 11 is 0. The van der Waals surface area contributed by atoms with Crippen LogP contribution >= 0.6 is 12.4 Å². The number of methoxy groups -OCH3 is 1. The Labute approximate surface area is 100 Å². The first-order valence-corrected chi connectivity index (χ1v) is 5.16. The maximum absolute atomic E-state index is 12.8. The molecule has 0 unspecified atom stereocenters. The summed E-state index contributed by atoms with van der Waals surface area (Å²) in [6.07, 6.45) is 1.15. The van der Waals surface area contributed by atoms with Crippen molar-refractivity contribution < 1.29 is 18.3 Å². The van der Waals surface area contributed by atoms with Gasteiger partial charge in [-0.3, -0.25) is 4.79 Å². The number of carbonyl (C=O) groups excluding carboxylic acids is 1. The monoisotopic (exact) mass is 257 g/mol. The molecule has 1 aliphatic carbocycles. The van der Waals surface area contributed by atoms with E-state index in [-0.39, 0.29) is 31.2 Å². The average Bonchev–Trinajstić information content (AvgIpc) is 2.20. The summed E-state index contributed by atoms with van der Waals surface area (Å²) < 4.78 is 30.1. The highest BCUT2D eigenvalue weighted by Crippen LogP contribution is 2.37. The van der Waals surface area contributed by atoms with E-state index in [0.29, 0.717) is 19.3 Å². The van der Waals surface area contributed by atoms with Gasteiger partial charge in [-0.15, -0.1) is 12.4 Å². The molecular weight excluding hydrogens is 240 g/mol. The number of rotatable bonds is 3. The van der Waals surface area contributed by atoms with Crippen molar-refractivity contribution >= 4 is 18.4 Å². The predicted octanol–water partition coefficient (Wildman–Crippen LogP) is 2.12. The molecule has 1 fully saturated rings. The molecule has 16 heavy (non-hydrogen) atoms. The van der Waals surface area contributed by atoms with Crippen molar-refractivity contribution in [2.45, 2.75) is 44.1 Å². The van der Waals surface area contributed by atoms with E-state index in [4.69, 9.17) is 5.73 Å². The lowest BCUT2D eigenvalue weighted by Crippen LogP contribution is -2.35. The van der Waals surface area contributed by atoms with Gasteiger partial charge in [0.15, 0.2) is 0 Å². The maximum Gasteiger partial charge on any atom is 0.322 e. The average molecular weight is 258 g/mol. The number of nitrogens with two attached hydrogens (primary N) is 1. The number of alkyl halides is 2. The standard InChI is InChI=1S/C10H17F2NO2.ClH/c1-15-9(14)8(13)6-7-2-4-10(11,12)5-3-7;/h7-8H,2-6,13H2,1H3;1H/t8-;/m0./s1. The minimum absolute atomic E-state index is 0. The van der Waals surface area contributed by atoms with Gasteiger partial charge in [0.1, 0.15) is 6.04 Å². The molecule has 1 saturated carbocycles. The number of halogens is 3. The van der Waals surface area contributed by atoms with Crippen LogP contribution in [-0.2, 0) is 9.53 Å². The Morgan fingerprint density at radius 1 is 1.50 bits per heavy atom. The summed E-state index contributed by atoms with van der Waals surface area (Å²) in [4.78, 5) is 11.0. The van der Waals surface area contributed by atoms with Gasteiger partial charge >= 0.3 is 5.97 Å². The fourth-order valence-corrected chi connectivity index (χ4v) is 1.94. The Kier molecular flexibility index (Phi) is 6.18. The van der Waals surface area contributed by atoms with Crippen LogP contribution in [0.1, 0.15) is 32.1 Å². The van der Waals surface area contributed by atoms with Gasteiger partial charge in [0.25, 0.3) is 0 Å². The molecule has 0 radical (unpaired) electrons. The van der Waals surface area contributed by atoms with Crippen molar-refractivity contribution in [3.63, 3.8) is 0 Å². The third-order valence-corrected chi connectivity index (χ3v) is 2.93. The van der Waals surface area contributed by atoms with E-state index in [1.165, 1.54) is 7.11 Å². The number of carbonyl (C=O) groups is 1. The van der Waals surface area contributed by atoms with Gasteiger partial charge in [0.2, 0.25) is 5.92 Å². The van der Waals surface area contributed by atoms with E-state index in [9.17, 15) is 13.6 Å². The van der Waals surface area contributed by atoms with E-state index in [2.05, 4.69) is 4.74 Å². The highest BCUT2D eigenvalue weighted by atomic mass is 35.5. The summed E-state index contributed by atoms with van der Waals surface area (Å²) in [6, 6.07) is -0.674. The highest BCUT2D eigenvalue weighted by Gasteiger charge is 2.35. The molecule has 96 valence electrons. The van der Waals surface area contributed by atoms with E-state index >= 15 is 0 Å². The molecule has 0 bridgehead atoms. The summed E-state index contributed by atoms with van der Waals surface area (Å²) in [6.45, 7) is 0. The quantitative estimate of drug-likeness (QED) is 0.788. The Balaban J connectivity index is 0.00000225. The zero-order chi connectivity index (χ0) is 11.5. The molecule has 6 heteroatoms. The fraction of sp³-hybridized carbons (Fsp3) is 0.900. The molecule has 0 amide bonds. The van der Waals surface area contributed by atoms with E-state index in [0.717, 1.165) is 0 Å². The molecule has 0 aromatic heterocycles. The molecule has 1 aliphatic rings.